The van der Waals surface area contributed by atoms with Gasteiger partial charge in [-0.3, -0.25) is 29.4 Å². The minimum Gasteiger partial charge on any atom is -0.496 e. The van der Waals surface area contributed by atoms with Crippen molar-refractivity contribution in [3.8, 4) is 34.5 Å². The van der Waals surface area contributed by atoms with Gasteiger partial charge in [0.1, 0.15) is 34.5 Å². The Balaban J connectivity index is 0.653. The number of hydrogen-bond donors (Lipinski definition) is 0. The molecule has 0 saturated carbocycles. The van der Waals surface area contributed by atoms with Crippen molar-refractivity contribution in [2.24, 2.45) is 0 Å². The first-order valence-corrected chi connectivity index (χ1v) is 32.3. The van der Waals surface area contributed by atoms with E-state index in [1.54, 1.807) is 72.1 Å². The van der Waals surface area contributed by atoms with E-state index in [0.717, 1.165) is 100 Å². The average Bonchev–Trinajstić information content (AvgIpc) is 1.60. The summed E-state index contributed by atoms with van der Waals surface area (Å²) in [5.74, 6) is 3.61. The zero-order chi connectivity index (χ0) is 66.7. The summed E-state index contributed by atoms with van der Waals surface area (Å²) in [6.45, 7) is 3.78. The molecule has 0 fully saturated rings. The highest BCUT2D eigenvalue weighted by Crippen LogP contribution is 2.50. The molecule has 6 amide bonds. The number of amides is 6. The van der Waals surface area contributed by atoms with Gasteiger partial charge < -0.3 is 56.8 Å². The fourth-order valence-electron chi connectivity index (χ4n) is 14.3. The van der Waals surface area contributed by atoms with Crippen LogP contribution in [0.25, 0.3) is 0 Å². The molecule has 6 aromatic carbocycles. The molecular formula is C72H78N6O18. The van der Waals surface area contributed by atoms with Gasteiger partial charge in [0.25, 0.3) is 0 Å². The molecule has 16 heterocycles. The van der Waals surface area contributed by atoms with Crippen LogP contribution >= 0.6 is 0 Å². The van der Waals surface area contributed by atoms with E-state index in [0.29, 0.717) is 73.0 Å². The quantitative estimate of drug-likeness (QED) is 0.141. The summed E-state index contributed by atoms with van der Waals surface area (Å²) in [7, 11) is 9.50. The van der Waals surface area contributed by atoms with Crippen LogP contribution in [0, 0.1) is 0 Å². The molecule has 0 spiro atoms. The second-order valence-electron chi connectivity index (χ2n) is 24.7. The number of benzene rings is 6. The maximum absolute atomic E-state index is 13.6. The van der Waals surface area contributed by atoms with Gasteiger partial charge in [0.05, 0.1) is 161 Å². The first kappa shape index (κ1) is 64.4. The Hall–Kier alpha value is -10.3. The number of nitrogens with zero attached hydrogens (tertiary/aromatic N) is 6. The normalized spacial score (nSPS) is 17.8. The smallest absolute Gasteiger partial charge is 0.410 e. The molecule has 24 nitrogen and oxygen atoms in total. The van der Waals surface area contributed by atoms with Crippen LogP contribution in [0.4, 0.5) is 28.8 Å². The van der Waals surface area contributed by atoms with E-state index in [1.807, 2.05) is 72.8 Å². The topological polar surface area (TPSA) is 233 Å². The molecule has 0 aromatic heterocycles. The largest absolute Gasteiger partial charge is 0.496 e. The summed E-state index contributed by atoms with van der Waals surface area (Å²) in [4.78, 5) is 91.2. The third kappa shape index (κ3) is 12.8. The molecule has 6 aromatic rings. The van der Waals surface area contributed by atoms with Crippen molar-refractivity contribution in [1.82, 2.24) is 29.4 Å². The number of rotatable bonds is 6. The highest BCUT2D eigenvalue weighted by molar-refractivity contribution is 5.77. The number of carbonyl (C=O) groups excluding carboxylic acids is 6. The standard InChI is InChI=1S/C72H78N6O18/c1-85-61-49-31-73-33-51(49)62(86-2)52-34-74(32-50(52)61)68(80)92-26-20-44-9-13-46(14-10-44)22-28-94-70(82)76-37-55-56(38-76)66(90-6)60-42-78(41-59(60)65(55)89-5)72(84)96-30-24-48-17-15-47(16-18-48)23-29-95-71(83)77-39-57-58(40-77)64(88-4)54-36-75(35-53(54)63(57)87-3)69(81)93-27-21-45-11-7-43(8-12-45)19-25-91-67(73)79/h7-18H,19-42H2,1-6H3. The van der Waals surface area contributed by atoms with Gasteiger partial charge in [-0.25, -0.2) is 28.8 Å². The molecule has 24 heteroatoms. The SMILES string of the molecule is COc1c2c3c(OC)c4c1CN(C4)C(=O)OCCc1ccc(cc1)CCOC(=O)N1Cc4c(c(OC)c5c(c4OC)CN(C5)C(=O)OCCc4ccc(cc4)CCOC(=O)N4Cc5c(c(OC)c6c(c5OC)CN(C6)C(=O)OCCc5ccc(cc5)CCOC(=O)N(C2)C3)C4)C1. The van der Waals surface area contributed by atoms with Crippen LogP contribution in [0.5, 0.6) is 34.5 Å². The van der Waals surface area contributed by atoms with E-state index in [1.165, 1.54) is 0 Å². The monoisotopic (exact) mass is 1310 g/mol. The molecule has 96 heavy (non-hydrogen) atoms. The molecule has 0 saturated heterocycles. The fourth-order valence-corrected chi connectivity index (χ4v) is 14.3. The van der Waals surface area contributed by atoms with Crippen LogP contribution in [0.1, 0.15) is 100 Å². The lowest BCUT2D eigenvalue weighted by Crippen LogP contribution is -2.27. The van der Waals surface area contributed by atoms with Crippen LogP contribution in [0.2, 0.25) is 0 Å². The first-order chi connectivity index (χ1) is 46.8. The van der Waals surface area contributed by atoms with E-state index in [2.05, 4.69) is 0 Å². The Bertz CT molecular complexity index is 3240. The lowest BCUT2D eigenvalue weighted by Gasteiger charge is -2.17. The predicted molar refractivity (Wildman–Crippen MR) is 344 cm³/mol. The second-order valence-corrected chi connectivity index (χ2v) is 24.7. The highest BCUT2D eigenvalue weighted by Gasteiger charge is 2.42. The summed E-state index contributed by atoms with van der Waals surface area (Å²) < 4.78 is 70.7. The maximum atomic E-state index is 13.6. The average molecular weight is 1320 g/mol. The van der Waals surface area contributed by atoms with Crippen LogP contribution in [0.3, 0.4) is 0 Å². The van der Waals surface area contributed by atoms with Crippen LogP contribution < -0.4 is 28.4 Å². The fraction of sp³-hybridized carbons (Fsp3) is 0.417. The van der Waals surface area contributed by atoms with Crippen molar-refractivity contribution in [2.45, 2.75) is 117 Å². The predicted octanol–water partition coefficient (Wildman–Crippen LogP) is 10.2. The molecule has 22 rings (SSSR count). The van der Waals surface area contributed by atoms with Crippen molar-refractivity contribution in [3.63, 3.8) is 0 Å². The second kappa shape index (κ2) is 28.0. The van der Waals surface area contributed by atoms with Crippen LogP contribution in [-0.2, 0) is 145 Å². The number of methoxy groups -OCH3 is 6. The van der Waals surface area contributed by atoms with Crippen molar-refractivity contribution in [3.05, 3.63) is 173 Å². The zero-order valence-corrected chi connectivity index (χ0v) is 54.9. The third-order valence-electron chi connectivity index (χ3n) is 19.2. The van der Waals surface area contributed by atoms with Gasteiger partial charge in [-0.15, -0.1) is 0 Å². The molecule has 504 valence electrons. The minimum absolute atomic E-state index is 0.154. The maximum Gasteiger partial charge on any atom is 0.410 e. The molecule has 16 aliphatic heterocycles. The Labute approximate surface area is 556 Å². The van der Waals surface area contributed by atoms with Gasteiger partial charge in [-0.1, -0.05) is 72.8 Å². The lowest BCUT2D eigenvalue weighted by molar-refractivity contribution is 0.101. The van der Waals surface area contributed by atoms with E-state index in [4.69, 9.17) is 56.8 Å². The minimum atomic E-state index is -0.470. The Morgan fingerprint density at radius 2 is 0.333 bits per heavy atom. The number of ether oxygens (including phenoxy) is 12. The molecule has 0 unspecified atom stereocenters. The Kier molecular flexibility index (Phi) is 18.8. The molecule has 0 radical (unpaired) electrons. The molecule has 0 aliphatic carbocycles. The van der Waals surface area contributed by atoms with Crippen molar-refractivity contribution < 1.29 is 85.6 Å². The Morgan fingerprint density at radius 3 is 0.438 bits per heavy atom. The van der Waals surface area contributed by atoms with Crippen molar-refractivity contribution in [2.75, 3.05) is 82.3 Å². The van der Waals surface area contributed by atoms with Gasteiger partial charge >= 0.3 is 36.6 Å². The van der Waals surface area contributed by atoms with Crippen molar-refractivity contribution >= 4 is 36.6 Å². The summed E-state index contributed by atoms with van der Waals surface area (Å²) in [5, 5.41) is 0. The molecule has 0 N–H and O–H groups in total. The summed E-state index contributed by atoms with van der Waals surface area (Å²) in [6, 6.07) is 23.7. The van der Waals surface area contributed by atoms with E-state index in [-0.39, 0.29) is 118 Å². The number of hydrogen-bond acceptors (Lipinski definition) is 18. The van der Waals surface area contributed by atoms with Crippen molar-refractivity contribution in [1.29, 1.82) is 0 Å². The van der Waals surface area contributed by atoms with Gasteiger partial charge in [-0.05, 0) is 33.4 Å². The third-order valence-corrected chi connectivity index (χ3v) is 19.2. The molecule has 24 bridgehead atoms. The van der Waals surface area contributed by atoms with Crippen LogP contribution in [-0.4, -0.2) is 148 Å². The molecule has 16 aliphatic rings. The van der Waals surface area contributed by atoms with E-state index in [9.17, 15) is 28.8 Å². The first-order valence-electron chi connectivity index (χ1n) is 32.3. The van der Waals surface area contributed by atoms with Crippen LogP contribution in [0.15, 0.2) is 72.8 Å². The van der Waals surface area contributed by atoms with E-state index >= 15 is 0 Å². The molecule has 0 atom stereocenters. The number of carbonyl (C=O) groups is 6. The molecular weight excluding hydrogens is 1240 g/mol. The zero-order valence-electron chi connectivity index (χ0n) is 54.9. The summed E-state index contributed by atoms with van der Waals surface area (Å²) >= 11 is 0. The lowest BCUT2D eigenvalue weighted by atomic mass is 9.98. The summed E-state index contributed by atoms with van der Waals surface area (Å²) in [5.41, 5.74) is 15.5. The van der Waals surface area contributed by atoms with Gasteiger partial charge in [0.2, 0.25) is 0 Å². The highest BCUT2D eigenvalue weighted by atomic mass is 16.6. The van der Waals surface area contributed by atoms with Gasteiger partial charge in [0.15, 0.2) is 0 Å². The summed E-state index contributed by atoms with van der Waals surface area (Å²) in [6.07, 6.45) is 0.0903. The van der Waals surface area contributed by atoms with E-state index < -0.39 is 36.6 Å². The van der Waals surface area contributed by atoms with Gasteiger partial charge in [0, 0.05) is 105 Å². The van der Waals surface area contributed by atoms with Gasteiger partial charge in [-0.2, -0.15) is 0 Å². The Morgan fingerprint density at radius 1 is 0.219 bits per heavy atom.